The molecule has 0 aliphatic carbocycles. The lowest BCUT2D eigenvalue weighted by Gasteiger charge is -2.34. The van der Waals surface area contributed by atoms with E-state index in [0.29, 0.717) is 32.6 Å². The Labute approximate surface area is 147 Å². The standard InChI is InChI=1S/C16H25N5O4/c1-4-13(22)21-9-7-20(8-10-21)6-5-17-11-12-14(23)18(2)16(25)19(3)15(12)24/h11-12H,4-10H2,1-3H3. The molecule has 2 heterocycles. The second kappa shape index (κ2) is 8.19. The van der Waals surface area contributed by atoms with E-state index in [1.165, 1.54) is 20.3 Å². The molecule has 0 radical (unpaired) electrons. The number of piperazine rings is 1. The minimum Gasteiger partial charge on any atom is -0.340 e. The fraction of sp³-hybridized carbons (Fsp3) is 0.688. The van der Waals surface area contributed by atoms with Crippen molar-refractivity contribution in [3.8, 4) is 0 Å². The van der Waals surface area contributed by atoms with Crippen molar-refractivity contribution >= 4 is 30.0 Å². The van der Waals surface area contributed by atoms with Crippen LogP contribution in [0.5, 0.6) is 0 Å². The first-order valence-corrected chi connectivity index (χ1v) is 8.46. The van der Waals surface area contributed by atoms with Crippen molar-refractivity contribution in [1.82, 2.24) is 19.6 Å². The van der Waals surface area contributed by atoms with Crippen molar-refractivity contribution < 1.29 is 19.2 Å². The van der Waals surface area contributed by atoms with Crippen LogP contribution in [0.1, 0.15) is 13.3 Å². The molecule has 2 fully saturated rings. The zero-order valence-electron chi connectivity index (χ0n) is 15.0. The molecule has 0 bridgehead atoms. The SMILES string of the molecule is CCC(=O)N1CCN(CCN=CC2C(=O)N(C)C(=O)N(C)C2=O)CC1. The molecular weight excluding hydrogens is 326 g/mol. The van der Waals surface area contributed by atoms with Gasteiger partial charge in [-0.3, -0.25) is 34.1 Å². The van der Waals surface area contributed by atoms with Crippen LogP contribution in [0.3, 0.4) is 0 Å². The van der Waals surface area contributed by atoms with Gasteiger partial charge in [-0.2, -0.15) is 0 Å². The van der Waals surface area contributed by atoms with E-state index < -0.39 is 23.8 Å². The lowest BCUT2D eigenvalue weighted by molar-refractivity contribution is -0.144. The summed E-state index contributed by atoms with van der Waals surface area (Å²) in [6, 6.07) is -0.626. The van der Waals surface area contributed by atoms with Crippen LogP contribution in [0, 0.1) is 5.92 Å². The van der Waals surface area contributed by atoms with Crippen LogP contribution < -0.4 is 0 Å². The molecule has 0 unspecified atom stereocenters. The number of amides is 5. The van der Waals surface area contributed by atoms with Crippen LogP contribution in [0.15, 0.2) is 4.99 Å². The van der Waals surface area contributed by atoms with E-state index in [1.807, 2.05) is 11.8 Å². The molecule has 2 rings (SSSR count). The van der Waals surface area contributed by atoms with Crippen LogP contribution in [0.25, 0.3) is 0 Å². The molecule has 0 atom stereocenters. The Morgan fingerprint density at radius 2 is 1.64 bits per heavy atom. The lowest BCUT2D eigenvalue weighted by Crippen LogP contribution is -2.57. The molecule has 138 valence electrons. The van der Waals surface area contributed by atoms with Gasteiger partial charge in [-0.1, -0.05) is 6.92 Å². The highest BCUT2D eigenvalue weighted by Gasteiger charge is 2.41. The molecule has 0 saturated carbocycles. The first-order valence-electron chi connectivity index (χ1n) is 8.46. The second-order valence-corrected chi connectivity index (χ2v) is 6.19. The van der Waals surface area contributed by atoms with E-state index in [4.69, 9.17) is 0 Å². The van der Waals surface area contributed by atoms with Crippen molar-refractivity contribution in [2.45, 2.75) is 13.3 Å². The highest BCUT2D eigenvalue weighted by molar-refractivity contribution is 6.23. The highest BCUT2D eigenvalue weighted by atomic mass is 16.2. The Morgan fingerprint density at radius 1 is 1.08 bits per heavy atom. The highest BCUT2D eigenvalue weighted by Crippen LogP contribution is 2.13. The molecule has 2 saturated heterocycles. The Morgan fingerprint density at radius 3 is 2.16 bits per heavy atom. The van der Waals surface area contributed by atoms with Gasteiger partial charge in [0, 0.05) is 59.5 Å². The predicted octanol–water partition coefficient (Wildman–Crippen LogP) is -0.722. The number of nitrogens with zero attached hydrogens (tertiary/aromatic N) is 5. The van der Waals surface area contributed by atoms with Crippen LogP contribution in [0.4, 0.5) is 4.79 Å². The third kappa shape index (κ3) is 4.22. The monoisotopic (exact) mass is 351 g/mol. The average molecular weight is 351 g/mol. The lowest BCUT2D eigenvalue weighted by atomic mass is 10.1. The number of aliphatic imine (C=N–C) groups is 1. The molecular formula is C16H25N5O4. The molecule has 0 aromatic rings. The minimum absolute atomic E-state index is 0.176. The number of barbiturate groups is 1. The first kappa shape index (κ1) is 19.0. The van der Waals surface area contributed by atoms with E-state index in [0.717, 1.165) is 22.9 Å². The molecule has 25 heavy (non-hydrogen) atoms. The Kier molecular flexibility index (Phi) is 6.24. The summed E-state index contributed by atoms with van der Waals surface area (Å²) in [6.45, 7) is 6.04. The zero-order chi connectivity index (χ0) is 18.6. The number of urea groups is 1. The van der Waals surface area contributed by atoms with Crippen molar-refractivity contribution in [2.75, 3.05) is 53.4 Å². The van der Waals surface area contributed by atoms with E-state index in [-0.39, 0.29) is 5.91 Å². The summed E-state index contributed by atoms with van der Waals surface area (Å²) < 4.78 is 0. The Hall–Kier alpha value is -2.29. The average Bonchev–Trinajstić information content (AvgIpc) is 2.64. The Balaban J connectivity index is 1.80. The number of hydrogen-bond donors (Lipinski definition) is 0. The van der Waals surface area contributed by atoms with Gasteiger partial charge in [0.2, 0.25) is 17.7 Å². The molecule has 5 amide bonds. The van der Waals surface area contributed by atoms with Gasteiger partial charge in [0.1, 0.15) is 0 Å². The third-order valence-electron chi connectivity index (χ3n) is 4.59. The molecule has 2 aliphatic heterocycles. The summed E-state index contributed by atoms with van der Waals surface area (Å²) in [5, 5.41) is 0. The van der Waals surface area contributed by atoms with Crippen LogP contribution in [-0.4, -0.2) is 103 Å². The summed E-state index contributed by atoms with van der Waals surface area (Å²) in [7, 11) is 2.71. The van der Waals surface area contributed by atoms with Crippen molar-refractivity contribution in [3.05, 3.63) is 0 Å². The first-order chi connectivity index (χ1) is 11.9. The number of rotatable bonds is 5. The van der Waals surface area contributed by atoms with Gasteiger partial charge in [0.15, 0.2) is 5.92 Å². The van der Waals surface area contributed by atoms with Gasteiger partial charge in [-0.05, 0) is 0 Å². The maximum Gasteiger partial charge on any atom is 0.332 e. The topological polar surface area (TPSA) is 93.6 Å². The maximum atomic E-state index is 12.0. The number of imide groups is 2. The molecule has 9 nitrogen and oxygen atoms in total. The fourth-order valence-corrected chi connectivity index (χ4v) is 2.89. The molecule has 0 spiro atoms. The van der Waals surface area contributed by atoms with E-state index in [2.05, 4.69) is 9.89 Å². The van der Waals surface area contributed by atoms with Gasteiger partial charge >= 0.3 is 6.03 Å². The van der Waals surface area contributed by atoms with E-state index in [1.54, 1.807) is 0 Å². The second-order valence-electron chi connectivity index (χ2n) is 6.19. The smallest absolute Gasteiger partial charge is 0.332 e. The van der Waals surface area contributed by atoms with E-state index in [9.17, 15) is 19.2 Å². The van der Waals surface area contributed by atoms with Gasteiger partial charge in [0.25, 0.3) is 0 Å². The zero-order valence-corrected chi connectivity index (χ0v) is 15.0. The largest absolute Gasteiger partial charge is 0.340 e. The van der Waals surface area contributed by atoms with Crippen molar-refractivity contribution in [1.29, 1.82) is 0 Å². The quantitative estimate of drug-likeness (QED) is 0.481. The number of carbonyl (C=O) groups is 4. The van der Waals surface area contributed by atoms with Crippen molar-refractivity contribution in [2.24, 2.45) is 10.9 Å². The summed E-state index contributed by atoms with van der Waals surface area (Å²) in [5.74, 6) is -1.96. The number of carbonyl (C=O) groups excluding carboxylic acids is 4. The summed E-state index contributed by atoms with van der Waals surface area (Å²) in [6.07, 6.45) is 1.86. The maximum absolute atomic E-state index is 12.0. The summed E-state index contributed by atoms with van der Waals surface area (Å²) in [4.78, 5) is 57.5. The molecule has 0 aromatic carbocycles. The molecule has 0 aromatic heterocycles. The summed E-state index contributed by atoms with van der Waals surface area (Å²) in [5.41, 5.74) is 0. The Bertz CT molecular complexity index is 559. The normalized spacial score (nSPS) is 20.9. The molecule has 9 heteroatoms. The van der Waals surface area contributed by atoms with Gasteiger partial charge in [-0.15, -0.1) is 0 Å². The molecule has 2 aliphatic rings. The summed E-state index contributed by atoms with van der Waals surface area (Å²) >= 11 is 0. The van der Waals surface area contributed by atoms with Gasteiger partial charge in [0.05, 0.1) is 6.54 Å². The van der Waals surface area contributed by atoms with Crippen LogP contribution in [-0.2, 0) is 14.4 Å². The van der Waals surface area contributed by atoms with Gasteiger partial charge < -0.3 is 4.90 Å². The predicted molar refractivity (Wildman–Crippen MR) is 91.1 cm³/mol. The minimum atomic E-state index is -1.04. The third-order valence-corrected chi connectivity index (χ3v) is 4.59. The van der Waals surface area contributed by atoms with Gasteiger partial charge in [-0.25, -0.2) is 4.79 Å². The fourth-order valence-electron chi connectivity index (χ4n) is 2.89. The molecule has 0 N–H and O–H groups in total. The number of hydrogen-bond acceptors (Lipinski definition) is 6. The van der Waals surface area contributed by atoms with Crippen LogP contribution >= 0.6 is 0 Å². The van der Waals surface area contributed by atoms with Crippen LogP contribution in [0.2, 0.25) is 0 Å². The van der Waals surface area contributed by atoms with Crippen molar-refractivity contribution in [3.63, 3.8) is 0 Å². The van der Waals surface area contributed by atoms with E-state index >= 15 is 0 Å².